The minimum Gasteiger partial charge on any atom is -0.463 e. The third kappa shape index (κ3) is 6.15. The van der Waals surface area contributed by atoms with E-state index in [0.717, 1.165) is 74.9 Å². The quantitative estimate of drug-likeness (QED) is 0.518. The molecule has 0 saturated carbocycles. The summed E-state index contributed by atoms with van der Waals surface area (Å²) >= 11 is 1.44. The van der Waals surface area contributed by atoms with Crippen LogP contribution in [0.2, 0.25) is 0 Å². The van der Waals surface area contributed by atoms with E-state index in [1.54, 1.807) is 4.90 Å². The molecule has 2 saturated heterocycles. The summed E-state index contributed by atoms with van der Waals surface area (Å²) in [6.07, 6.45) is 5.46. The predicted molar refractivity (Wildman–Crippen MR) is 133 cm³/mol. The Morgan fingerprint density at radius 1 is 1.15 bits per heavy atom. The summed E-state index contributed by atoms with van der Waals surface area (Å²) in [7, 11) is 0. The third-order valence-electron chi connectivity index (χ3n) is 6.38. The van der Waals surface area contributed by atoms with Gasteiger partial charge < -0.3 is 14.6 Å². The van der Waals surface area contributed by atoms with Crippen molar-refractivity contribution in [3.63, 3.8) is 0 Å². The van der Waals surface area contributed by atoms with Gasteiger partial charge in [0.15, 0.2) is 0 Å². The maximum Gasteiger partial charge on any atom is 0.228 e. The van der Waals surface area contributed by atoms with E-state index in [1.807, 2.05) is 12.1 Å². The maximum absolute atomic E-state index is 12.9. The molecular weight excluding hydrogens is 452 g/mol. The monoisotopic (exact) mass is 488 g/mol. The van der Waals surface area contributed by atoms with Crippen molar-refractivity contribution in [3.05, 3.63) is 23.7 Å². The van der Waals surface area contributed by atoms with Crippen LogP contribution in [0.3, 0.4) is 0 Å². The lowest BCUT2D eigenvalue weighted by Gasteiger charge is -2.31. The van der Waals surface area contributed by atoms with Crippen molar-refractivity contribution in [1.82, 2.24) is 20.4 Å². The molecule has 1 N–H and O–H groups in total. The molecule has 2 aromatic heterocycles. The standard InChI is InChI=1S/C24H36N6O3S/c1-3-11-28(12-4-2)17-20-10-9-19(33-20)15-25-22(32)18-7-5-13-29(16-18)23-26-27-24(34-23)30-14-6-8-21(30)31/h9-10,18H,3-8,11-17H2,1-2H3,(H,25,32)/t18-/m0/s1. The number of aromatic nitrogens is 2. The van der Waals surface area contributed by atoms with Crippen LogP contribution in [0.25, 0.3) is 0 Å². The predicted octanol–water partition coefficient (Wildman–Crippen LogP) is 3.41. The van der Waals surface area contributed by atoms with Crippen LogP contribution in [0.15, 0.2) is 16.5 Å². The molecule has 2 aromatic rings. The van der Waals surface area contributed by atoms with Crippen molar-refractivity contribution in [2.45, 2.75) is 65.5 Å². The van der Waals surface area contributed by atoms with Crippen molar-refractivity contribution in [1.29, 1.82) is 0 Å². The van der Waals surface area contributed by atoms with E-state index in [1.165, 1.54) is 11.3 Å². The lowest BCUT2D eigenvalue weighted by atomic mass is 9.97. The second-order valence-corrected chi connectivity index (χ2v) is 10.1. The normalized spacial score (nSPS) is 18.8. The van der Waals surface area contributed by atoms with E-state index in [-0.39, 0.29) is 17.7 Å². The molecule has 2 amide bonds. The molecule has 2 fully saturated rings. The summed E-state index contributed by atoms with van der Waals surface area (Å²) in [5.41, 5.74) is 0. The minimum absolute atomic E-state index is 0.0423. The number of amides is 2. The van der Waals surface area contributed by atoms with E-state index in [4.69, 9.17) is 4.42 Å². The number of carbonyl (C=O) groups excluding carboxylic acids is 2. The molecule has 0 bridgehead atoms. The topological polar surface area (TPSA) is 94.8 Å². The smallest absolute Gasteiger partial charge is 0.228 e. The SMILES string of the molecule is CCCN(CCC)Cc1ccc(CNC(=O)[C@H]2CCCN(c3nnc(N4CCCC4=O)s3)C2)o1. The average Bonchev–Trinajstić information content (AvgIpc) is 3.59. The number of rotatable bonds is 11. The second kappa shape index (κ2) is 11.8. The summed E-state index contributed by atoms with van der Waals surface area (Å²) in [5.74, 6) is 1.78. The molecule has 2 aliphatic heterocycles. The Labute approximate surface area is 205 Å². The molecule has 1 atom stereocenters. The molecule has 2 aliphatic rings. The van der Waals surface area contributed by atoms with Gasteiger partial charge >= 0.3 is 0 Å². The summed E-state index contributed by atoms with van der Waals surface area (Å²) in [4.78, 5) is 31.1. The highest BCUT2D eigenvalue weighted by molar-refractivity contribution is 7.19. The van der Waals surface area contributed by atoms with Crippen LogP contribution in [0.4, 0.5) is 10.3 Å². The molecule has 10 heteroatoms. The number of hydrogen-bond donors (Lipinski definition) is 1. The summed E-state index contributed by atoms with van der Waals surface area (Å²) in [5, 5.41) is 13.0. The fourth-order valence-corrected chi connectivity index (χ4v) is 5.63. The highest BCUT2D eigenvalue weighted by Crippen LogP contribution is 2.32. The van der Waals surface area contributed by atoms with Crippen molar-refractivity contribution in [2.75, 3.05) is 42.5 Å². The number of carbonyl (C=O) groups is 2. The van der Waals surface area contributed by atoms with Crippen LogP contribution in [0, 0.1) is 5.92 Å². The van der Waals surface area contributed by atoms with E-state index in [2.05, 4.69) is 39.2 Å². The summed E-state index contributed by atoms with van der Waals surface area (Å²) in [6.45, 7) is 9.87. The lowest BCUT2D eigenvalue weighted by Crippen LogP contribution is -2.42. The maximum atomic E-state index is 12.9. The highest BCUT2D eigenvalue weighted by atomic mass is 32.1. The van der Waals surface area contributed by atoms with Gasteiger partial charge in [-0.15, -0.1) is 10.2 Å². The van der Waals surface area contributed by atoms with Gasteiger partial charge in [-0.25, -0.2) is 0 Å². The second-order valence-electron chi connectivity index (χ2n) is 9.16. The first-order valence-corrected chi connectivity index (χ1v) is 13.4. The largest absolute Gasteiger partial charge is 0.463 e. The molecule has 34 heavy (non-hydrogen) atoms. The van der Waals surface area contributed by atoms with Gasteiger partial charge in [0.2, 0.25) is 22.1 Å². The van der Waals surface area contributed by atoms with Crippen molar-refractivity contribution < 1.29 is 14.0 Å². The molecule has 0 spiro atoms. The summed E-state index contributed by atoms with van der Waals surface area (Å²) < 4.78 is 5.98. The number of piperidine rings is 1. The molecule has 4 rings (SSSR count). The molecule has 0 radical (unpaired) electrons. The van der Waals surface area contributed by atoms with Gasteiger partial charge in [0.05, 0.1) is 19.0 Å². The molecular formula is C24H36N6O3S. The zero-order chi connectivity index (χ0) is 23.9. The minimum atomic E-state index is -0.103. The number of furan rings is 1. The van der Waals surface area contributed by atoms with Gasteiger partial charge in [-0.1, -0.05) is 25.2 Å². The van der Waals surface area contributed by atoms with E-state index in [0.29, 0.717) is 31.2 Å². The van der Waals surface area contributed by atoms with E-state index in [9.17, 15) is 9.59 Å². The molecule has 0 aromatic carbocycles. The Hall–Kier alpha value is -2.46. The van der Waals surface area contributed by atoms with Crippen molar-refractivity contribution in [3.8, 4) is 0 Å². The van der Waals surface area contributed by atoms with Gasteiger partial charge in [0.1, 0.15) is 11.5 Å². The van der Waals surface area contributed by atoms with E-state index < -0.39 is 0 Å². The van der Waals surface area contributed by atoms with Crippen LogP contribution >= 0.6 is 11.3 Å². The van der Waals surface area contributed by atoms with Gasteiger partial charge in [0, 0.05) is 26.1 Å². The number of nitrogens with zero attached hydrogens (tertiary/aromatic N) is 5. The first-order chi connectivity index (χ1) is 16.6. The molecule has 0 aliphatic carbocycles. The number of anilines is 2. The van der Waals surface area contributed by atoms with Gasteiger partial charge in [-0.3, -0.25) is 19.4 Å². The Morgan fingerprint density at radius 2 is 1.91 bits per heavy atom. The van der Waals surface area contributed by atoms with Gasteiger partial charge in [-0.05, 0) is 57.3 Å². The Balaban J connectivity index is 1.27. The van der Waals surface area contributed by atoms with Crippen molar-refractivity contribution in [2.24, 2.45) is 5.92 Å². The zero-order valence-electron chi connectivity index (χ0n) is 20.3. The fourth-order valence-electron chi connectivity index (χ4n) is 4.70. The number of hydrogen-bond acceptors (Lipinski definition) is 8. The first-order valence-electron chi connectivity index (χ1n) is 12.5. The molecule has 0 unspecified atom stereocenters. The van der Waals surface area contributed by atoms with Gasteiger partial charge in [0.25, 0.3) is 0 Å². The van der Waals surface area contributed by atoms with Crippen molar-refractivity contribution >= 4 is 33.4 Å². The third-order valence-corrected chi connectivity index (χ3v) is 7.39. The van der Waals surface area contributed by atoms with Crippen LogP contribution in [-0.2, 0) is 22.7 Å². The lowest BCUT2D eigenvalue weighted by molar-refractivity contribution is -0.125. The van der Waals surface area contributed by atoms with Crippen LogP contribution in [0.5, 0.6) is 0 Å². The Kier molecular flexibility index (Phi) is 8.55. The fraction of sp³-hybridized carbons (Fsp3) is 0.667. The first kappa shape index (κ1) is 24.7. The number of nitrogens with one attached hydrogen (secondary N) is 1. The summed E-state index contributed by atoms with van der Waals surface area (Å²) in [6, 6.07) is 3.97. The van der Waals surface area contributed by atoms with Gasteiger partial charge in [-0.2, -0.15) is 0 Å². The molecule has 4 heterocycles. The van der Waals surface area contributed by atoms with Crippen LogP contribution < -0.4 is 15.1 Å². The Morgan fingerprint density at radius 3 is 2.65 bits per heavy atom. The highest BCUT2D eigenvalue weighted by Gasteiger charge is 2.30. The van der Waals surface area contributed by atoms with E-state index >= 15 is 0 Å². The Bertz CT molecular complexity index is 954. The van der Waals surface area contributed by atoms with Crippen LogP contribution in [0.1, 0.15) is 63.9 Å². The molecule has 9 nitrogen and oxygen atoms in total. The molecule has 186 valence electrons. The average molecular weight is 489 g/mol. The van der Waals surface area contributed by atoms with Crippen LogP contribution in [-0.4, -0.2) is 59.6 Å². The zero-order valence-corrected chi connectivity index (χ0v) is 21.1.